The van der Waals surface area contributed by atoms with E-state index < -0.39 is 0 Å². The number of para-hydroxylation sites is 4. The quantitative estimate of drug-likeness (QED) is 0.156. The number of hydrogen-bond donors (Lipinski definition) is 0. The van der Waals surface area contributed by atoms with Crippen LogP contribution in [0.15, 0.2) is 200 Å². The molecule has 11 aromatic rings. The van der Waals surface area contributed by atoms with Gasteiger partial charge < -0.3 is 9.47 Å². The van der Waals surface area contributed by atoms with E-state index in [1.165, 1.54) is 124 Å². The van der Waals surface area contributed by atoms with E-state index in [0.29, 0.717) is 5.92 Å². The minimum absolute atomic E-state index is 0.580. The monoisotopic (exact) mass is 800 g/mol. The van der Waals surface area contributed by atoms with Crippen molar-refractivity contribution in [3.05, 3.63) is 206 Å². The molecule has 0 spiro atoms. The van der Waals surface area contributed by atoms with Gasteiger partial charge in [0, 0.05) is 43.1 Å². The van der Waals surface area contributed by atoms with E-state index in [9.17, 15) is 0 Å². The van der Waals surface area contributed by atoms with Crippen LogP contribution >= 0.6 is 11.3 Å². The molecule has 0 aliphatic heterocycles. The lowest BCUT2D eigenvalue weighted by atomic mass is 9.80. The van der Waals surface area contributed by atoms with Gasteiger partial charge in [-0.25, -0.2) is 0 Å². The molecular formula is C58H44N2S. The van der Waals surface area contributed by atoms with Crippen molar-refractivity contribution in [3.63, 3.8) is 0 Å². The van der Waals surface area contributed by atoms with Crippen LogP contribution in [0.1, 0.15) is 43.6 Å². The highest BCUT2D eigenvalue weighted by Gasteiger charge is 2.26. The van der Waals surface area contributed by atoms with Crippen LogP contribution in [0.2, 0.25) is 0 Å². The van der Waals surface area contributed by atoms with Gasteiger partial charge in [0.1, 0.15) is 0 Å². The first kappa shape index (κ1) is 36.0. The van der Waals surface area contributed by atoms with Gasteiger partial charge in [-0.15, -0.1) is 11.3 Å². The van der Waals surface area contributed by atoms with Crippen molar-refractivity contribution in [1.82, 2.24) is 4.57 Å². The van der Waals surface area contributed by atoms with Gasteiger partial charge in [0.15, 0.2) is 0 Å². The molecule has 292 valence electrons. The van der Waals surface area contributed by atoms with E-state index in [1.54, 1.807) is 0 Å². The van der Waals surface area contributed by atoms with Gasteiger partial charge in [-0.05, 0) is 94.8 Å². The number of thiophene rings is 1. The van der Waals surface area contributed by atoms with E-state index in [1.807, 2.05) is 11.3 Å². The summed E-state index contributed by atoms with van der Waals surface area (Å²) in [5.41, 5.74) is 13.5. The van der Waals surface area contributed by atoms with Gasteiger partial charge in [-0.2, -0.15) is 0 Å². The van der Waals surface area contributed by atoms with Crippen molar-refractivity contribution in [3.8, 4) is 27.9 Å². The predicted molar refractivity (Wildman–Crippen MR) is 263 cm³/mol. The molecule has 0 unspecified atom stereocenters. The second kappa shape index (κ2) is 15.0. The van der Waals surface area contributed by atoms with E-state index in [2.05, 4.69) is 210 Å². The molecule has 0 bridgehead atoms. The molecule has 3 heteroatoms. The molecule has 12 rings (SSSR count). The van der Waals surface area contributed by atoms with Crippen LogP contribution in [0, 0.1) is 0 Å². The van der Waals surface area contributed by atoms with Crippen LogP contribution in [0.4, 0.5) is 17.1 Å². The van der Waals surface area contributed by atoms with E-state index in [4.69, 9.17) is 0 Å². The molecule has 1 aliphatic carbocycles. The highest BCUT2D eigenvalue weighted by atomic mass is 32.1. The van der Waals surface area contributed by atoms with E-state index in [0.717, 1.165) is 11.4 Å². The van der Waals surface area contributed by atoms with Gasteiger partial charge in [0.25, 0.3) is 0 Å². The SMILES string of the molecule is c1ccc(-n2c3ccccc3c3ccc(-c4ccccc4N(c4ccccc4-c4cccc5cccc(C6CCCCC6)c45)c4cccc5c4sc4ccccc45)cc32)cc1. The predicted octanol–water partition coefficient (Wildman–Crippen LogP) is 17.2. The molecule has 2 nitrogen and oxygen atoms in total. The number of anilines is 3. The summed E-state index contributed by atoms with van der Waals surface area (Å²) >= 11 is 1.89. The summed E-state index contributed by atoms with van der Waals surface area (Å²) < 4.78 is 5.01. The maximum atomic E-state index is 2.57. The first-order valence-corrected chi connectivity index (χ1v) is 22.6. The minimum Gasteiger partial charge on any atom is -0.309 e. The summed E-state index contributed by atoms with van der Waals surface area (Å²) in [7, 11) is 0. The van der Waals surface area contributed by atoms with Crippen LogP contribution in [-0.2, 0) is 0 Å². The molecule has 0 atom stereocenters. The molecular weight excluding hydrogens is 757 g/mol. The minimum atomic E-state index is 0.580. The largest absolute Gasteiger partial charge is 0.309 e. The molecule has 0 radical (unpaired) electrons. The number of aromatic nitrogens is 1. The fourth-order valence-electron chi connectivity index (χ4n) is 10.4. The number of benzene rings is 9. The highest BCUT2D eigenvalue weighted by molar-refractivity contribution is 7.26. The van der Waals surface area contributed by atoms with Crippen molar-refractivity contribution < 1.29 is 0 Å². The van der Waals surface area contributed by atoms with Crippen molar-refractivity contribution in [1.29, 1.82) is 0 Å². The molecule has 1 fully saturated rings. The Bertz CT molecular complexity index is 3420. The van der Waals surface area contributed by atoms with Crippen LogP contribution < -0.4 is 4.90 Å². The summed E-state index contributed by atoms with van der Waals surface area (Å²) in [6, 6.07) is 74.5. The summed E-state index contributed by atoms with van der Waals surface area (Å²) in [6.07, 6.45) is 6.48. The average Bonchev–Trinajstić information content (AvgIpc) is 3.88. The topological polar surface area (TPSA) is 8.17 Å². The van der Waals surface area contributed by atoms with Gasteiger partial charge >= 0.3 is 0 Å². The number of rotatable bonds is 7. The molecule has 1 saturated carbocycles. The maximum absolute atomic E-state index is 2.57. The second-order valence-corrected chi connectivity index (χ2v) is 17.7. The zero-order chi connectivity index (χ0) is 40.3. The third-order valence-electron chi connectivity index (χ3n) is 13.2. The Kier molecular flexibility index (Phi) is 8.82. The molecule has 61 heavy (non-hydrogen) atoms. The Morgan fingerprint density at radius 1 is 0.443 bits per heavy atom. The average molecular weight is 801 g/mol. The molecule has 2 heterocycles. The van der Waals surface area contributed by atoms with E-state index in [-0.39, 0.29) is 0 Å². The Labute approximate surface area is 360 Å². The Morgan fingerprint density at radius 3 is 1.92 bits per heavy atom. The second-order valence-electron chi connectivity index (χ2n) is 16.6. The molecule has 1 aliphatic rings. The third-order valence-corrected chi connectivity index (χ3v) is 14.4. The van der Waals surface area contributed by atoms with Crippen molar-refractivity contribution in [2.45, 2.75) is 38.0 Å². The number of fused-ring (bicyclic) bond motifs is 7. The highest BCUT2D eigenvalue weighted by Crippen LogP contribution is 2.51. The first-order chi connectivity index (χ1) is 30.3. The smallest absolute Gasteiger partial charge is 0.0640 e. The lowest BCUT2D eigenvalue weighted by Gasteiger charge is -2.31. The first-order valence-electron chi connectivity index (χ1n) is 21.8. The molecule has 2 aromatic heterocycles. The van der Waals surface area contributed by atoms with Crippen molar-refractivity contribution in [2.75, 3.05) is 4.90 Å². The summed E-state index contributed by atoms with van der Waals surface area (Å²) in [5, 5.41) is 7.82. The number of hydrogen-bond acceptors (Lipinski definition) is 2. The Balaban J connectivity index is 1.13. The number of nitrogens with zero attached hydrogens (tertiary/aromatic N) is 2. The van der Waals surface area contributed by atoms with Gasteiger partial charge in [0.05, 0.1) is 32.8 Å². The third kappa shape index (κ3) is 5.98. The maximum Gasteiger partial charge on any atom is 0.0640 e. The van der Waals surface area contributed by atoms with Crippen LogP contribution in [0.5, 0.6) is 0 Å². The zero-order valence-electron chi connectivity index (χ0n) is 34.0. The molecule has 0 N–H and O–H groups in total. The zero-order valence-corrected chi connectivity index (χ0v) is 34.8. The fraction of sp³-hybridized carbons (Fsp3) is 0.103. The Hall–Kier alpha value is -6.94. The summed E-state index contributed by atoms with van der Waals surface area (Å²) in [4.78, 5) is 2.57. The lowest BCUT2D eigenvalue weighted by molar-refractivity contribution is 0.445. The van der Waals surface area contributed by atoms with Crippen LogP contribution in [-0.4, -0.2) is 4.57 Å². The standard InChI is InChI=1S/C58H44N2S/c1-3-18-39(19-4-1)44-28-15-20-40-21-16-29-49(57(40)44)46-26-9-13-33-53(46)60(54-34-17-30-50-48-27-10-14-35-56(48)61-58(50)54)51-31-11-7-24-43(51)41-36-37-47-45-25-8-12-32-52(45)59(55(47)38-41)42-22-5-2-6-23-42/h2,5-17,20-39H,1,3-4,18-19H2. The lowest BCUT2D eigenvalue weighted by Crippen LogP contribution is -2.13. The van der Waals surface area contributed by atoms with Crippen molar-refractivity contribution >= 4 is 81.1 Å². The fourth-order valence-corrected chi connectivity index (χ4v) is 11.7. The Morgan fingerprint density at radius 2 is 1.07 bits per heavy atom. The van der Waals surface area contributed by atoms with E-state index >= 15 is 0 Å². The van der Waals surface area contributed by atoms with Crippen molar-refractivity contribution in [2.24, 2.45) is 0 Å². The molecule has 9 aromatic carbocycles. The van der Waals surface area contributed by atoms with Crippen LogP contribution in [0.25, 0.3) is 80.7 Å². The van der Waals surface area contributed by atoms with Gasteiger partial charge in [-0.3, -0.25) is 0 Å². The summed E-state index contributed by atoms with van der Waals surface area (Å²) in [5.74, 6) is 0.580. The van der Waals surface area contributed by atoms with Crippen LogP contribution in [0.3, 0.4) is 0 Å². The summed E-state index contributed by atoms with van der Waals surface area (Å²) in [6.45, 7) is 0. The van der Waals surface area contributed by atoms with Gasteiger partial charge in [-0.1, -0.05) is 171 Å². The molecule has 0 saturated heterocycles. The molecule has 0 amide bonds. The normalized spacial score (nSPS) is 13.5. The van der Waals surface area contributed by atoms with Gasteiger partial charge in [0.2, 0.25) is 0 Å².